The van der Waals surface area contributed by atoms with Gasteiger partial charge in [0, 0.05) is 38.8 Å². The van der Waals surface area contributed by atoms with Gasteiger partial charge in [0.25, 0.3) is 0 Å². The smallest absolute Gasteiger partial charge is 0.220 e. The van der Waals surface area contributed by atoms with Gasteiger partial charge in [0.1, 0.15) is 0 Å². The molecule has 0 spiro atoms. The van der Waals surface area contributed by atoms with Crippen LogP contribution in [0.25, 0.3) is 0 Å². The van der Waals surface area contributed by atoms with Gasteiger partial charge in [-0.25, -0.2) is 0 Å². The third kappa shape index (κ3) is 6.32. The lowest BCUT2D eigenvalue weighted by atomic mass is 9.85. The first-order chi connectivity index (χ1) is 11.6. The second-order valence-corrected chi connectivity index (χ2v) is 7.51. The van der Waals surface area contributed by atoms with Crippen molar-refractivity contribution in [3.05, 3.63) is 12.4 Å². The quantitative estimate of drug-likeness (QED) is 0.788. The Hall–Kier alpha value is -0.980. The van der Waals surface area contributed by atoms with Crippen molar-refractivity contribution < 1.29 is 4.79 Å². The third-order valence-electron chi connectivity index (χ3n) is 5.49. The van der Waals surface area contributed by atoms with E-state index in [1.807, 2.05) is 24.1 Å². The number of nitrogens with zero attached hydrogens (tertiary/aromatic N) is 3. The van der Waals surface area contributed by atoms with Crippen molar-refractivity contribution in [1.82, 2.24) is 20.4 Å². The number of aryl methyl sites for hydroxylation is 1. The van der Waals surface area contributed by atoms with Crippen LogP contribution in [0.2, 0.25) is 0 Å². The molecule has 1 amide bonds. The van der Waals surface area contributed by atoms with Crippen LogP contribution in [0.4, 0.5) is 5.69 Å². The summed E-state index contributed by atoms with van der Waals surface area (Å²) in [5, 5.41) is 11.0. The second-order valence-electron chi connectivity index (χ2n) is 7.51. The number of aromatic nitrogens is 2. The van der Waals surface area contributed by atoms with Crippen molar-refractivity contribution in [2.75, 3.05) is 31.1 Å². The zero-order valence-electron chi connectivity index (χ0n) is 15.8. The zero-order chi connectivity index (χ0) is 16.9. The highest BCUT2D eigenvalue weighted by Gasteiger charge is 2.25. The SMILES string of the molecule is CC(CC(=O)NC1CCCN(c2cnn(C)c2)C1)C1CCCNC1.Cl.Cl. The molecule has 0 aliphatic carbocycles. The Morgan fingerprint density at radius 1 is 1.38 bits per heavy atom. The minimum absolute atomic E-state index is 0. The number of amides is 1. The number of hydrogen-bond donors (Lipinski definition) is 2. The Labute approximate surface area is 169 Å². The molecule has 150 valence electrons. The summed E-state index contributed by atoms with van der Waals surface area (Å²) in [6, 6.07) is 0.253. The molecule has 0 bridgehead atoms. The van der Waals surface area contributed by atoms with E-state index >= 15 is 0 Å². The Kier molecular flexibility index (Phi) is 9.75. The van der Waals surface area contributed by atoms with Crippen molar-refractivity contribution in [2.24, 2.45) is 18.9 Å². The lowest BCUT2D eigenvalue weighted by molar-refractivity contribution is -0.123. The van der Waals surface area contributed by atoms with Crippen molar-refractivity contribution in [3.8, 4) is 0 Å². The Morgan fingerprint density at radius 2 is 2.19 bits per heavy atom. The lowest BCUT2D eigenvalue weighted by Gasteiger charge is -2.34. The highest BCUT2D eigenvalue weighted by Crippen LogP contribution is 2.23. The zero-order valence-corrected chi connectivity index (χ0v) is 17.5. The summed E-state index contributed by atoms with van der Waals surface area (Å²) in [7, 11) is 1.94. The van der Waals surface area contributed by atoms with Gasteiger partial charge in [0.2, 0.25) is 5.91 Å². The van der Waals surface area contributed by atoms with E-state index in [4.69, 9.17) is 0 Å². The van der Waals surface area contributed by atoms with Crippen molar-refractivity contribution in [1.29, 1.82) is 0 Å². The molecule has 26 heavy (non-hydrogen) atoms. The van der Waals surface area contributed by atoms with E-state index in [1.165, 1.54) is 12.8 Å². The first kappa shape index (κ1) is 23.1. The first-order valence-corrected chi connectivity index (χ1v) is 9.35. The fourth-order valence-corrected chi connectivity index (χ4v) is 4.01. The Morgan fingerprint density at radius 3 is 2.85 bits per heavy atom. The molecule has 3 heterocycles. The summed E-state index contributed by atoms with van der Waals surface area (Å²) >= 11 is 0. The van der Waals surface area contributed by atoms with Gasteiger partial charge >= 0.3 is 0 Å². The third-order valence-corrected chi connectivity index (χ3v) is 5.49. The molecule has 3 unspecified atom stereocenters. The maximum absolute atomic E-state index is 12.4. The molecule has 0 saturated carbocycles. The molecule has 2 aliphatic rings. The van der Waals surface area contributed by atoms with Gasteiger partial charge in [0.15, 0.2) is 0 Å². The van der Waals surface area contributed by atoms with Gasteiger partial charge in [-0.2, -0.15) is 5.10 Å². The normalized spacial score (nSPS) is 24.2. The van der Waals surface area contributed by atoms with E-state index in [0.29, 0.717) is 18.3 Å². The number of carbonyl (C=O) groups excluding carboxylic acids is 1. The molecule has 3 rings (SSSR count). The van der Waals surface area contributed by atoms with Crippen LogP contribution in [0, 0.1) is 11.8 Å². The largest absolute Gasteiger partial charge is 0.367 e. The highest BCUT2D eigenvalue weighted by atomic mass is 35.5. The van der Waals surface area contributed by atoms with Crippen LogP contribution in [0.15, 0.2) is 12.4 Å². The predicted octanol–water partition coefficient (Wildman–Crippen LogP) is 2.37. The highest BCUT2D eigenvalue weighted by molar-refractivity contribution is 5.85. The molecular formula is C18H33Cl2N5O. The number of halogens is 2. The molecule has 2 fully saturated rings. The number of rotatable bonds is 5. The fourth-order valence-electron chi connectivity index (χ4n) is 4.01. The van der Waals surface area contributed by atoms with E-state index < -0.39 is 0 Å². The van der Waals surface area contributed by atoms with E-state index in [0.717, 1.165) is 44.7 Å². The van der Waals surface area contributed by atoms with Crippen LogP contribution in [-0.2, 0) is 11.8 Å². The topological polar surface area (TPSA) is 62.2 Å². The standard InChI is InChI=1S/C18H31N5O.2ClH/c1-14(15-5-3-7-19-10-15)9-18(24)21-16-6-4-8-23(12-16)17-11-20-22(2)13-17;;/h11,13-16,19H,3-10,12H2,1-2H3,(H,21,24);2*1H. The summed E-state index contributed by atoms with van der Waals surface area (Å²) in [5.41, 5.74) is 1.15. The number of nitrogens with one attached hydrogen (secondary N) is 2. The van der Waals surface area contributed by atoms with Crippen molar-refractivity contribution in [2.45, 2.75) is 45.1 Å². The molecule has 3 atom stereocenters. The van der Waals surface area contributed by atoms with E-state index in [1.54, 1.807) is 0 Å². The van der Waals surface area contributed by atoms with Gasteiger partial charge in [-0.15, -0.1) is 24.8 Å². The summed E-state index contributed by atoms with van der Waals surface area (Å²) in [6.07, 6.45) is 9.27. The number of carbonyl (C=O) groups is 1. The molecule has 1 aromatic heterocycles. The molecular weight excluding hydrogens is 373 g/mol. The summed E-state index contributed by atoms with van der Waals surface area (Å²) < 4.78 is 1.83. The van der Waals surface area contributed by atoms with E-state index in [-0.39, 0.29) is 36.8 Å². The van der Waals surface area contributed by atoms with Crippen LogP contribution in [0.3, 0.4) is 0 Å². The van der Waals surface area contributed by atoms with E-state index in [2.05, 4.69) is 27.6 Å². The maximum Gasteiger partial charge on any atom is 0.220 e. The molecule has 1 aromatic rings. The van der Waals surface area contributed by atoms with Crippen LogP contribution in [0.5, 0.6) is 0 Å². The van der Waals surface area contributed by atoms with E-state index in [9.17, 15) is 4.79 Å². The molecule has 0 aromatic carbocycles. The Balaban J connectivity index is 0.00000169. The number of hydrogen-bond acceptors (Lipinski definition) is 4. The minimum Gasteiger partial charge on any atom is -0.367 e. The van der Waals surface area contributed by atoms with Gasteiger partial charge < -0.3 is 15.5 Å². The summed E-state index contributed by atoms with van der Waals surface area (Å²) in [6.45, 7) is 6.34. The fraction of sp³-hybridized carbons (Fsp3) is 0.778. The van der Waals surface area contributed by atoms with Crippen LogP contribution in [-0.4, -0.2) is 47.9 Å². The molecule has 6 nitrogen and oxygen atoms in total. The lowest BCUT2D eigenvalue weighted by Crippen LogP contribution is -2.48. The average molecular weight is 406 g/mol. The maximum atomic E-state index is 12.4. The molecule has 2 N–H and O–H groups in total. The monoisotopic (exact) mass is 405 g/mol. The molecule has 8 heteroatoms. The van der Waals surface area contributed by atoms with Crippen LogP contribution < -0.4 is 15.5 Å². The van der Waals surface area contributed by atoms with Crippen LogP contribution in [0.1, 0.15) is 39.0 Å². The summed E-state index contributed by atoms with van der Waals surface area (Å²) in [4.78, 5) is 14.8. The van der Waals surface area contributed by atoms with Gasteiger partial charge in [0.05, 0.1) is 11.9 Å². The first-order valence-electron chi connectivity index (χ1n) is 9.35. The van der Waals surface area contributed by atoms with Crippen molar-refractivity contribution >= 4 is 36.4 Å². The molecule has 0 radical (unpaired) electrons. The molecule has 2 saturated heterocycles. The number of piperidine rings is 2. The summed E-state index contributed by atoms with van der Waals surface area (Å²) in [5.74, 6) is 1.31. The Bertz CT molecular complexity index is 547. The average Bonchev–Trinajstić information content (AvgIpc) is 3.02. The second kappa shape index (κ2) is 11.0. The van der Waals surface area contributed by atoms with Gasteiger partial charge in [-0.1, -0.05) is 6.92 Å². The number of anilines is 1. The van der Waals surface area contributed by atoms with Gasteiger partial charge in [-0.3, -0.25) is 9.48 Å². The minimum atomic E-state index is 0. The van der Waals surface area contributed by atoms with Crippen molar-refractivity contribution in [3.63, 3.8) is 0 Å². The van der Waals surface area contributed by atoms with Crippen LogP contribution >= 0.6 is 24.8 Å². The molecule has 2 aliphatic heterocycles. The van der Waals surface area contributed by atoms with Gasteiger partial charge in [-0.05, 0) is 50.6 Å². The predicted molar refractivity (Wildman–Crippen MR) is 110 cm³/mol.